The maximum Gasteiger partial charge on any atom is 0.255 e. The van der Waals surface area contributed by atoms with E-state index < -0.39 is 6.04 Å². The Morgan fingerprint density at radius 3 is 2.65 bits per heavy atom. The predicted octanol–water partition coefficient (Wildman–Crippen LogP) is 3.35. The van der Waals surface area contributed by atoms with Crippen molar-refractivity contribution in [2.75, 3.05) is 5.32 Å². The number of nitrogens with one attached hydrogen (secondary N) is 1. The van der Waals surface area contributed by atoms with Crippen LogP contribution in [0.15, 0.2) is 66.2 Å². The minimum Gasteiger partial charge on any atom is -0.322 e. The van der Waals surface area contributed by atoms with E-state index in [4.69, 9.17) is 0 Å². The molecule has 1 atom stereocenters. The Labute approximate surface area is 155 Å². The molecule has 5 nitrogen and oxygen atoms in total. The zero-order chi connectivity index (χ0) is 17.9. The highest BCUT2D eigenvalue weighted by molar-refractivity contribution is 7.13. The van der Waals surface area contributed by atoms with E-state index in [0.717, 1.165) is 11.1 Å². The van der Waals surface area contributed by atoms with Crippen LogP contribution < -0.4 is 5.32 Å². The van der Waals surface area contributed by atoms with Crippen LogP contribution in [0.4, 0.5) is 5.13 Å². The highest BCUT2D eigenvalue weighted by atomic mass is 32.1. The molecule has 1 N–H and O–H groups in total. The lowest BCUT2D eigenvalue weighted by Gasteiger charge is -2.26. The quantitative estimate of drug-likeness (QED) is 0.756. The Kier molecular flexibility index (Phi) is 4.50. The van der Waals surface area contributed by atoms with Crippen LogP contribution in [-0.2, 0) is 17.8 Å². The van der Waals surface area contributed by atoms with Gasteiger partial charge in [0.1, 0.15) is 6.04 Å². The number of carbonyl (C=O) groups is 2. The second kappa shape index (κ2) is 7.09. The Balaban J connectivity index is 1.62. The number of anilines is 1. The second-order valence-corrected chi connectivity index (χ2v) is 7.02. The highest BCUT2D eigenvalue weighted by Crippen LogP contribution is 2.26. The van der Waals surface area contributed by atoms with Gasteiger partial charge in [0.25, 0.3) is 5.91 Å². The molecule has 3 aromatic rings. The minimum absolute atomic E-state index is 0.101. The lowest BCUT2D eigenvalue weighted by Crippen LogP contribution is -2.45. The predicted molar refractivity (Wildman–Crippen MR) is 101 cm³/mol. The molecule has 2 heterocycles. The third-order valence-electron chi connectivity index (χ3n) is 4.46. The van der Waals surface area contributed by atoms with Gasteiger partial charge in [0, 0.05) is 30.1 Å². The first-order chi connectivity index (χ1) is 12.7. The summed E-state index contributed by atoms with van der Waals surface area (Å²) in [5, 5.41) is 5.18. The van der Waals surface area contributed by atoms with Gasteiger partial charge in [0.05, 0.1) is 0 Å². The number of rotatable bonds is 5. The summed E-state index contributed by atoms with van der Waals surface area (Å²) in [6.45, 7) is 0.442. The number of amides is 2. The highest BCUT2D eigenvalue weighted by Gasteiger charge is 2.36. The van der Waals surface area contributed by atoms with Crippen LogP contribution in [0.3, 0.4) is 0 Å². The molecule has 0 saturated heterocycles. The van der Waals surface area contributed by atoms with E-state index in [1.165, 1.54) is 11.3 Å². The van der Waals surface area contributed by atoms with Crippen molar-refractivity contribution in [3.8, 4) is 0 Å². The van der Waals surface area contributed by atoms with Gasteiger partial charge in [-0.25, -0.2) is 4.98 Å². The van der Waals surface area contributed by atoms with Gasteiger partial charge in [-0.1, -0.05) is 48.5 Å². The molecular weight excluding hydrogens is 346 g/mol. The summed E-state index contributed by atoms with van der Waals surface area (Å²) >= 11 is 1.36. The van der Waals surface area contributed by atoms with Crippen LogP contribution in [0, 0.1) is 0 Å². The van der Waals surface area contributed by atoms with Crippen molar-refractivity contribution in [3.63, 3.8) is 0 Å². The van der Waals surface area contributed by atoms with Crippen molar-refractivity contribution < 1.29 is 9.59 Å². The van der Waals surface area contributed by atoms with Crippen LogP contribution in [0.1, 0.15) is 21.5 Å². The Bertz CT molecular complexity index is 925. The summed E-state index contributed by atoms with van der Waals surface area (Å²) < 4.78 is 0. The normalized spacial score (nSPS) is 14.2. The van der Waals surface area contributed by atoms with E-state index in [9.17, 15) is 9.59 Å². The first-order valence-electron chi connectivity index (χ1n) is 8.35. The summed E-state index contributed by atoms with van der Waals surface area (Å²) in [6.07, 6.45) is 2.10. The molecule has 0 bridgehead atoms. The molecule has 0 unspecified atom stereocenters. The van der Waals surface area contributed by atoms with E-state index in [1.807, 2.05) is 54.6 Å². The third-order valence-corrected chi connectivity index (χ3v) is 5.15. The third kappa shape index (κ3) is 3.23. The van der Waals surface area contributed by atoms with Crippen molar-refractivity contribution in [2.24, 2.45) is 0 Å². The summed E-state index contributed by atoms with van der Waals surface area (Å²) in [5.74, 6) is -0.319. The SMILES string of the molecule is O=C(Nc1nccs1)[C@@H](Cc1ccccc1)N1Cc2ccccc2C1=O. The molecule has 2 aromatic carbocycles. The summed E-state index contributed by atoms with van der Waals surface area (Å²) in [6, 6.07) is 16.7. The van der Waals surface area contributed by atoms with Gasteiger partial charge in [-0.2, -0.15) is 0 Å². The number of thiazole rings is 1. The van der Waals surface area contributed by atoms with Crippen molar-refractivity contribution in [3.05, 3.63) is 82.9 Å². The van der Waals surface area contributed by atoms with Gasteiger partial charge < -0.3 is 10.2 Å². The number of fused-ring (bicyclic) bond motifs is 1. The van der Waals surface area contributed by atoms with Crippen LogP contribution >= 0.6 is 11.3 Å². The molecule has 130 valence electrons. The standard InChI is InChI=1S/C20H17N3O2S/c24-18(22-20-21-10-11-26-20)17(12-14-6-2-1-3-7-14)23-13-15-8-4-5-9-16(15)19(23)25/h1-11,17H,12-13H2,(H,21,22,24)/t17-/m1/s1. The molecule has 1 aliphatic heterocycles. The van der Waals surface area contributed by atoms with E-state index >= 15 is 0 Å². The Morgan fingerprint density at radius 1 is 1.15 bits per heavy atom. The molecule has 4 rings (SSSR count). The molecule has 0 fully saturated rings. The number of hydrogen-bond acceptors (Lipinski definition) is 4. The van der Waals surface area contributed by atoms with Gasteiger partial charge in [0.15, 0.2) is 5.13 Å². The van der Waals surface area contributed by atoms with E-state index in [1.54, 1.807) is 16.5 Å². The van der Waals surface area contributed by atoms with Crippen LogP contribution in [-0.4, -0.2) is 27.7 Å². The number of aromatic nitrogens is 1. The Hall–Kier alpha value is -2.99. The zero-order valence-corrected chi connectivity index (χ0v) is 14.8. The molecule has 1 aliphatic rings. The van der Waals surface area contributed by atoms with E-state index in [-0.39, 0.29) is 11.8 Å². The number of carbonyl (C=O) groups excluding carboxylic acids is 2. The van der Waals surface area contributed by atoms with Crippen molar-refractivity contribution in [1.82, 2.24) is 9.88 Å². The largest absolute Gasteiger partial charge is 0.322 e. The number of benzene rings is 2. The molecule has 0 radical (unpaired) electrons. The fourth-order valence-corrected chi connectivity index (χ4v) is 3.72. The van der Waals surface area contributed by atoms with E-state index in [0.29, 0.717) is 23.7 Å². The topological polar surface area (TPSA) is 62.3 Å². The molecule has 0 saturated carbocycles. The molecule has 6 heteroatoms. The average molecular weight is 363 g/mol. The van der Waals surface area contributed by atoms with Crippen molar-refractivity contribution in [1.29, 1.82) is 0 Å². The average Bonchev–Trinajstić information content (AvgIpc) is 3.29. The number of nitrogens with zero attached hydrogens (tertiary/aromatic N) is 2. The summed E-state index contributed by atoms with van der Waals surface area (Å²) in [5.41, 5.74) is 2.64. The molecule has 2 amide bonds. The van der Waals surface area contributed by atoms with Gasteiger partial charge in [-0.05, 0) is 17.2 Å². The van der Waals surface area contributed by atoms with Crippen molar-refractivity contribution >= 4 is 28.3 Å². The first-order valence-corrected chi connectivity index (χ1v) is 9.23. The fourth-order valence-electron chi connectivity index (χ4n) is 3.18. The van der Waals surface area contributed by atoms with Gasteiger partial charge >= 0.3 is 0 Å². The van der Waals surface area contributed by atoms with Gasteiger partial charge in [-0.15, -0.1) is 11.3 Å². The maximum atomic E-state index is 13.0. The monoisotopic (exact) mass is 363 g/mol. The lowest BCUT2D eigenvalue weighted by atomic mass is 10.0. The molecule has 26 heavy (non-hydrogen) atoms. The fraction of sp³-hybridized carbons (Fsp3) is 0.150. The molecular formula is C20H17N3O2S. The minimum atomic E-state index is -0.596. The number of hydrogen-bond donors (Lipinski definition) is 1. The summed E-state index contributed by atoms with van der Waals surface area (Å²) in [4.78, 5) is 31.6. The first kappa shape index (κ1) is 16.5. The van der Waals surface area contributed by atoms with E-state index in [2.05, 4.69) is 10.3 Å². The van der Waals surface area contributed by atoms with Crippen LogP contribution in [0.2, 0.25) is 0 Å². The zero-order valence-electron chi connectivity index (χ0n) is 14.0. The lowest BCUT2D eigenvalue weighted by molar-refractivity contribution is -0.120. The second-order valence-electron chi connectivity index (χ2n) is 6.12. The van der Waals surface area contributed by atoms with Crippen LogP contribution in [0.25, 0.3) is 0 Å². The van der Waals surface area contributed by atoms with Gasteiger partial charge in [0.2, 0.25) is 5.91 Å². The molecule has 1 aromatic heterocycles. The smallest absolute Gasteiger partial charge is 0.255 e. The summed E-state index contributed by atoms with van der Waals surface area (Å²) in [7, 11) is 0. The molecule has 0 spiro atoms. The maximum absolute atomic E-state index is 13.0. The van der Waals surface area contributed by atoms with Crippen molar-refractivity contribution in [2.45, 2.75) is 19.0 Å². The Morgan fingerprint density at radius 2 is 1.92 bits per heavy atom. The van der Waals surface area contributed by atoms with Crippen LogP contribution in [0.5, 0.6) is 0 Å². The van der Waals surface area contributed by atoms with Gasteiger partial charge in [-0.3, -0.25) is 9.59 Å². The molecule has 0 aliphatic carbocycles.